The summed E-state index contributed by atoms with van der Waals surface area (Å²) in [5, 5.41) is 8.78. The van der Waals surface area contributed by atoms with Crippen LogP contribution < -0.4 is 4.72 Å². The number of carbonyl (C=O) groups is 1. The van der Waals surface area contributed by atoms with Crippen molar-refractivity contribution in [3.63, 3.8) is 0 Å². The molecule has 0 radical (unpaired) electrons. The van der Waals surface area contributed by atoms with Gasteiger partial charge >= 0.3 is 16.2 Å². The first-order valence-corrected chi connectivity index (χ1v) is 8.43. The Morgan fingerprint density at radius 1 is 1.43 bits per heavy atom. The van der Waals surface area contributed by atoms with Crippen molar-refractivity contribution in [1.29, 1.82) is 0 Å². The fraction of sp³-hybridized carbons (Fsp3) is 0.500. The third-order valence-electron chi connectivity index (χ3n) is 3.58. The molecule has 0 aliphatic carbocycles. The fourth-order valence-electron chi connectivity index (χ4n) is 2.56. The van der Waals surface area contributed by atoms with Gasteiger partial charge in [0.15, 0.2) is 0 Å². The van der Waals surface area contributed by atoms with E-state index in [0.29, 0.717) is 17.8 Å². The third-order valence-corrected chi connectivity index (χ3v) is 5.23. The molecule has 0 saturated carbocycles. The molecule has 1 heterocycles. The van der Waals surface area contributed by atoms with E-state index in [1.54, 1.807) is 24.3 Å². The largest absolute Gasteiger partial charge is 0.481 e. The van der Waals surface area contributed by atoms with Crippen molar-refractivity contribution in [3.05, 3.63) is 29.8 Å². The minimum atomic E-state index is -3.59. The molecular formula is C14H20N2O4S. The van der Waals surface area contributed by atoms with Gasteiger partial charge in [-0.15, -0.1) is 0 Å². The highest BCUT2D eigenvalue weighted by molar-refractivity contribution is 7.90. The van der Waals surface area contributed by atoms with Gasteiger partial charge in [0.1, 0.15) is 0 Å². The SMILES string of the molecule is CC1CCCCN1S(=O)(=O)Nc1cccc(CC(=O)O)c1. The van der Waals surface area contributed by atoms with Gasteiger partial charge in [0.05, 0.1) is 12.1 Å². The Labute approximate surface area is 125 Å². The summed E-state index contributed by atoms with van der Waals surface area (Å²) in [6.07, 6.45) is 2.64. The normalized spacial score (nSPS) is 20.1. The van der Waals surface area contributed by atoms with E-state index in [1.165, 1.54) is 4.31 Å². The zero-order valence-electron chi connectivity index (χ0n) is 11.9. The molecule has 0 spiro atoms. The maximum atomic E-state index is 12.4. The molecule has 1 aromatic rings. The number of aliphatic carboxylic acids is 1. The summed E-state index contributed by atoms with van der Waals surface area (Å²) in [5.41, 5.74) is 0.959. The average molecular weight is 312 g/mol. The van der Waals surface area contributed by atoms with Gasteiger partial charge in [0.25, 0.3) is 0 Å². The predicted molar refractivity (Wildman–Crippen MR) is 80.3 cm³/mol. The summed E-state index contributed by atoms with van der Waals surface area (Å²) in [6.45, 7) is 2.42. The minimum absolute atomic E-state index is 0.0153. The maximum absolute atomic E-state index is 12.4. The number of hydrogen-bond acceptors (Lipinski definition) is 3. The van der Waals surface area contributed by atoms with Crippen LogP contribution in [0.2, 0.25) is 0 Å². The number of benzene rings is 1. The van der Waals surface area contributed by atoms with Crippen LogP contribution in [0.4, 0.5) is 5.69 Å². The van der Waals surface area contributed by atoms with E-state index in [-0.39, 0.29) is 12.5 Å². The molecular weight excluding hydrogens is 292 g/mol. The molecule has 1 aromatic carbocycles. The molecule has 0 amide bonds. The highest BCUT2D eigenvalue weighted by atomic mass is 32.2. The van der Waals surface area contributed by atoms with Crippen LogP contribution in [-0.2, 0) is 21.4 Å². The Balaban J connectivity index is 2.14. The standard InChI is InChI=1S/C14H20N2O4S/c1-11-5-2-3-8-16(11)21(19,20)15-13-7-4-6-12(9-13)10-14(17)18/h4,6-7,9,11,15H,2-3,5,8,10H2,1H3,(H,17,18). The summed E-state index contributed by atoms with van der Waals surface area (Å²) < 4.78 is 28.8. The topological polar surface area (TPSA) is 86.7 Å². The Morgan fingerprint density at radius 3 is 2.86 bits per heavy atom. The van der Waals surface area contributed by atoms with E-state index in [0.717, 1.165) is 19.3 Å². The second kappa shape index (κ2) is 6.44. The molecule has 1 fully saturated rings. The Hall–Kier alpha value is -1.60. The van der Waals surface area contributed by atoms with Crippen LogP contribution in [0.25, 0.3) is 0 Å². The predicted octanol–water partition coefficient (Wildman–Crippen LogP) is 1.84. The Kier molecular flexibility index (Phi) is 4.84. The maximum Gasteiger partial charge on any atom is 0.307 e. The van der Waals surface area contributed by atoms with Crippen LogP contribution in [0, 0.1) is 0 Å². The first-order valence-electron chi connectivity index (χ1n) is 6.99. The summed E-state index contributed by atoms with van der Waals surface area (Å²) in [7, 11) is -3.59. The van der Waals surface area contributed by atoms with Crippen molar-refractivity contribution in [2.45, 2.75) is 38.6 Å². The van der Waals surface area contributed by atoms with E-state index in [2.05, 4.69) is 4.72 Å². The van der Waals surface area contributed by atoms with E-state index in [9.17, 15) is 13.2 Å². The minimum Gasteiger partial charge on any atom is -0.481 e. The lowest BCUT2D eigenvalue weighted by atomic mass is 10.1. The van der Waals surface area contributed by atoms with Crippen LogP contribution in [0.3, 0.4) is 0 Å². The van der Waals surface area contributed by atoms with Crippen molar-refractivity contribution >= 4 is 21.9 Å². The van der Waals surface area contributed by atoms with Crippen LogP contribution >= 0.6 is 0 Å². The molecule has 0 bridgehead atoms. The molecule has 1 saturated heterocycles. The van der Waals surface area contributed by atoms with E-state index < -0.39 is 16.2 Å². The molecule has 6 nitrogen and oxygen atoms in total. The molecule has 7 heteroatoms. The molecule has 1 aliphatic heterocycles. The first kappa shape index (κ1) is 15.8. The lowest BCUT2D eigenvalue weighted by Crippen LogP contribution is -2.44. The zero-order valence-corrected chi connectivity index (χ0v) is 12.8. The average Bonchev–Trinajstić information content (AvgIpc) is 2.38. The lowest BCUT2D eigenvalue weighted by Gasteiger charge is -2.32. The highest BCUT2D eigenvalue weighted by Crippen LogP contribution is 2.22. The third kappa shape index (κ3) is 4.18. The number of nitrogens with zero attached hydrogens (tertiary/aromatic N) is 1. The Morgan fingerprint density at radius 2 is 2.19 bits per heavy atom. The molecule has 21 heavy (non-hydrogen) atoms. The van der Waals surface area contributed by atoms with Crippen molar-refractivity contribution in [1.82, 2.24) is 4.31 Å². The first-order chi connectivity index (χ1) is 9.88. The molecule has 2 rings (SSSR count). The van der Waals surface area contributed by atoms with E-state index >= 15 is 0 Å². The molecule has 2 N–H and O–H groups in total. The highest BCUT2D eigenvalue weighted by Gasteiger charge is 2.29. The second-order valence-corrected chi connectivity index (χ2v) is 6.96. The van der Waals surface area contributed by atoms with E-state index in [4.69, 9.17) is 5.11 Å². The monoisotopic (exact) mass is 312 g/mol. The quantitative estimate of drug-likeness (QED) is 0.868. The summed E-state index contributed by atoms with van der Waals surface area (Å²) in [6, 6.07) is 6.47. The molecule has 0 aromatic heterocycles. The second-order valence-electron chi connectivity index (χ2n) is 5.33. The van der Waals surface area contributed by atoms with Gasteiger partial charge in [0.2, 0.25) is 0 Å². The zero-order chi connectivity index (χ0) is 15.5. The van der Waals surface area contributed by atoms with Gasteiger partial charge in [-0.05, 0) is 37.5 Å². The van der Waals surface area contributed by atoms with Gasteiger partial charge in [-0.1, -0.05) is 18.6 Å². The number of anilines is 1. The van der Waals surface area contributed by atoms with Gasteiger partial charge < -0.3 is 5.11 Å². The van der Waals surface area contributed by atoms with E-state index in [1.807, 2.05) is 6.92 Å². The molecule has 1 unspecified atom stereocenters. The van der Waals surface area contributed by atoms with Gasteiger partial charge in [0, 0.05) is 12.6 Å². The number of carboxylic acid groups (broad SMARTS) is 1. The fourth-order valence-corrected chi connectivity index (χ4v) is 4.05. The summed E-state index contributed by atoms with van der Waals surface area (Å²) in [5.74, 6) is -0.945. The summed E-state index contributed by atoms with van der Waals surface area (Å²) in [4.78, 5) is 10.7. The number of carboxylic acids is 1. The van der Waals surface area contributed by atoms with Crippen molar-refractivity contribution < 1.29 is 18.3 Å². The van der Waals surface area contributed by atoms with Crippen LogP contribution in [0.15, 0.2) is 24.3 Å². The van der Waals surface area contributed by atoms with Gasteiger partial charge in [-0.25, -0.2) is 0 Å². The van der Waals surface area contributed by atoms with Crippen molar-refractivity contribution in [2.24, 2.45) is 0 Å². The Bertz CT molecular complexity index is 615. The molecule has 1 atom stereocenters. The van der Waals surface area contributed by atoms with Gasteiger partial charge in [-0.2, -0.15) is 12.7 Å². The van der Waals surface area contributed by atoms with Crippen LogP contribution in [0.5, 0.6) is 0 Å². The number of rotatable bonds is 5. The van der Waals surface area contributed by atoms with Crippen LogP contribution in [0.1, 0.15) is 31.7 Å². The van der Waals surface area contributed by atoms with Crippen LogP contribution in [-0.4, -0.2) is 36.4 Å². The van der Waals surface area contributed by atoms with Crippen molar-refractivity contribution in [3.8, 4) is 0 Å². The molecule has 1 aliphatic rings. The van der Waals surface area contributed by atoms with Gasteiger partial charge in [-0.3, -0.25) is 9.52 Å². The number of piperidine rings is 1. The molecule has 116 valence electrons. The smallest absolute Gasteiger partial charge is 0.307 e. The van der Waals surface area contributed by atoms with Crippen molar-refractivity contribution in [2.75, 3.05) is 11.3 Å². The number of hydrogen-bond donors (Lipinski definition) is 2. The summed E-state index contributed by atoms with van der Waals surface area (Å²) >= 11 is 0. The lowest BCUT2D eigenvalue weighted by molar-refractivity contribution is -0.136. The number of nitrogens with one attached hydrogen (secondary N) is 1.